The number of nitrogens with zero attached hydrogens (tertiary/aromatic N) is 3. The number of aliphatic imine (C=N–C) groups is 1. The van der Waals surface area contributed by atoms with E-state index >= 15 is 0 Å². The molecule has 108 valence electrons. The van der Waals surface area contributed by atoms with Crippen LogP contribution in [0.25, 0.3) is 0 Å². The van der Waals surface area contributed by atoms with Crippen molar-refractivity contribution < 1.29 is 4.39 Å². The van der Waals surface area contributed by atoms with Gasteiger partial charge in [0.1, 0.15) is 5.82 Å². The molecule has 0 aromatic heterocycles. The van der Waals surface area contributed by atoms with E-state index in [0.29, 0.717) is 12.1 Å². The van der Waals surface area contributed by atoms with E-state index in [2.05, 4.69) is 26.9 Å². The van der Waals surface area contributed by atoms with Crippen LogP contribution < -0.4 is 9.80 Å². The van der Waals surface area contributed by atoms with Gasteiger partial charge in [0.15, 0.2) is 0 Å². The van der Waals surface area contributed by atoms with Gasteiger partial charge in [0.05, 0.1) is 24.5 Å². The molecule has 4 rings (SSSR count). The molecule has 5 heteroatoms. The molecule has 2 aromatic carbocycles. The van der Waals surface area contributed by atoms with E-state index in [1.54, 1.807) is 6.07 Å². The summed E-state index contributed by atoms with van der Waals surface area (Å²) in [7, 11) is 0. The molecule has 0 bridgehead atoms. The van der Waals surface area contributed by atoms with Crippen LogP contribution in [-0.2, 0) is 6.54 Å². The van der Waals surface area contributed by atoms with Crippen LogP contribution in [-0.4, -0.2) is 19.0 Å². The second-order valence-electron chi connectivity index (χ2n) is 5.00. The quantitative estimate of drug-likeness (QED) is 0.846. The Morgan fingerprint density at radius 3 is 2.52 bits per heavy atom. The molecule has 2 aliphatic heterocycles. The number of para-hydroxylation sites is 2. The predicted molar refractivity (Wildman–Crippen MR) is 85.9 cm³/mol. The van der Waals surface area contributed by atoms with Crippen molar-refractivity contribution in [1.82, 2.24) is 0 Å². The van der Waals surface area contributed by atoms with Crippen LogP contribution in [0.1, 0.15) is 5.56 Å². The summed E-state index contributed by atoms with van der Waals surface area (Å²) in [6.45, 7) is 2.22. The second kappa shape index (κ2) is 5.37. The Bertz CT molecular complexity index is 701. The van der Waals surface area contributed by atoms with Crippen molar-refractivity contribution in [3.8, 4) is 0 Å². The smallest absolute Gasteiger partial charge is 0.206 e. The van der Waals surface area contributed by atoms with Gasteiger partial charge in [-0.3, -0.25) is 4.99 Å². The van der Waals surface area contributed by atoms with Gasteiger partial charge < -0.3 is 9.80 Å². The number of halogens is 2. The summed E-state index contributed by atoms with van der Waals surface area (Å²) < 4.78 is 13.9. The third kappa shape index (κ3) is 2.16. The molecule has 2 aromatic rings. The summed E-state index contributed by atoms with van der Waals surface area (Å²) in [4.78, 5) is 8.87. The summed E-state index contributed by atoms with van der Waals surface area (Å²) in [6.07, 6.45) is 0. The number of guanidine groups is 1. The van der Waals surface area contributed by atoms with Crippen LogP contribution in [0.2, 0.25) is 0 Å². The lowest BCUT2D eigenvalue weighted by Crippen LogP contribution is -2.35. The van der Waals surface area contributed by atoms with Gasteiger partial charge >= 0.3 is 0 Å². The monoisotopic (exact) mass is 303 g/mol. The maximum Gasteiger partial charge on any atom is 0.206 e. The fourth-order valence-electron chi connectivity index (χ4n) is 2.88. The van der Waals surface area contributed by atoms with Gasteiger partial charge in [-0.1, -0.05) is 30.3 Å². The van der Waals surface area contributed by atoms with Gasteiger partial charge in [-0.05, 0) is 18.2 Å². The highest BCUT2D eigenvalue weighted by Gasteiger charge is 2.35. The average molecular weight is 304 g/mol. The first-order valence-corrected chi connectivity index (χ1v) is 6.76. The molecule has 3 nitrogen and oxygen atoms in total. The minimum absolute atomic E-state index is 0. The van der Waals surface area contributed by atoms with Crippen molar-refractivity contribution in [1.29, 1.82) is 0 Å². The molecule has 2 heterocycles. The van der Waals surface area contributed by atoms with Gasteiger partial charge in [-0.25, -0.2) is 4.39 Å². The molecule has 21 heavy (non-hydrogen) atoms. The molecule has 2 aliphatic rings. The summed E-state index contributed by atoms with van der Waals surface area (Å²) in [5.41, 5.74) is 2.97. The minimum atomic E-state index is -0.165. The first-order chi connectivity index (χ1) is 9.84. The lowest BCUT2D eigenvalue weighted by atomic mass is 10.2. The van der Waals surface area contributed by atoms with E-state index in [-0.39, 0.29) is 18.2 Å². The Balaban J connectivity index is 0.00000132. The zero-order valence-corrected chi connectivity index (χ0v) is 12.2. The van der Waals surface area contributed by atoms with Crippen LogP contribution >= 0.6 is 12.4 Å². The maximum absolute atomic E-state index is 13.9. The summed E-state index contributed by atoms with van der Waals surface area (Å²) in [5.74, 6) is 0.775. The number of hydrogen-bond acceptors (Lipinski definition) is 3. The second-order valence-corrected chi connectivity index (χ2v) is 5.00. The predicted octanol–water partition coefficient (Wildman–Crippen LogP) is 3.44. The highest BCUT2D eigenvalue weighted by molar-refractivity contribution is 6.16. The summed E-state index contributed by atoms with van der Waals surface area (Å²) in [5, 5.41) is 0. The van der Waals surface area contributed by atoms with Crippen molar-refractivity contribution in [2.24, 2.45) is 4.99 Å². The van der Waals surface area contributed by atoms with Crippen LogP contribution in [0.5, 0.6) is 0 Å². The highest BCUT2D eigenvalue weighted by atomic mass is 35.5. The van der Waals surface area contributed by atoms with E-state index in [9.17, 15) is 4.39 Å². The van der Waals surface area contributed by atoms with E-state index < -0.39 is 0 Å². The first-order valence-electron chi connectivity index (χ1n) is 6.76. The Morgan fingerprint density at radius 1 is 1.00 bits per heavy atom. The van der Waals surface area contributed by atoms with Crippen molar-refractivity contribution in [2.75, 3.05) is 22.9 Å². The van der Waals surface area contributed by atoms with Crippen LogP contribution in [0, 0.1) is 5.82 Å². The Hall–Kier alpha value is -2.07. The lowest BCUT2D eigenvalue weighted by Gasteiger charge is -2.19. The molecular formula is C16H15ClFN3. The van der Waals surface area contributed by atoms with Gasteiger partial charge in [-0.2, -0.15) is 0 Å². The van der Waals surface area contributed by atoms with Gasteiger partial charge in [0.2, 0.25) is 5.96 Å². The van der Waals surface area contributed by atoms with Crippen molar-refractivity contribution in [2.45, 2.75) is 6.54 Å². The third-order valence-corrected chi connectivity index (χ3v) is 3.81. The SMILES string of the molecule is Cl.Fc1ccccc1CN1C2=NCCN2c2ccccc21. The zero-order chi connectivity index (χ0) is 13.5. The lowest BCUT2D eigenvalue weighted by molar-refractivity contribution is 0.610. The molecule has 0 N–H and O–H groups in total. The van der Waals surface area contributed by atoms with Crippen molar-refractivity contribution >= 4 is 29.7 Å². The molecule has 0 unspecified atom stereocenters. The maximum atomic E-state index is 13.9. The highest BCUT2D eigenvalue weighted by Crippen LogP contribution is 2.39. The number of rotatable bonds is 2. The number of hydrogen-bond donors (Lipinski definition) is 0. The van der Waals surface area contributed by atoms with Crippen LogP contribution in [0.3, 0.4) is 0 Å². The van der Waals surface area contributed by atoms with Gasteiger partial charge in [-0.15, -0.1) is 12.4 Å². The molecule has 0 atom stereocenters. The molecule has 0 saturated carbocycles. The standard InChI is InChI=1S/C16H14FN3.ClH/c17-13-6-2-1-5-12(13)11-20-15-8-4-3-7-14(15)19-10-9-18-16(19)20;/h1-8H,9-11H2;1H. The van der Waals surface area contributed by atoms with E-state index in [4.69, 9.17) is 0 Å². The molecule has 0 radical (unpaired) electrons. The van der Waals surface area contributed by atoms with E-state index in [0.717, 1.165) is 24.7 Å². The first kappa shape index (κ1) is 13.9. The van der Waals surface area contributed by atoms with Crippen LogP contribution in [0.15, 0.2) is 53.5 Å². The summed E-state index contributed by atoms with van der Waals surface area (Å²) >= 11 is 0. The van der Waals surface area contributed by atoms with Crippen molar-refractivity contribution in [3.63, 3.8) is 0 Å². The normalized spacial score (nSPS) is 15.4. The molecule has 0 amide bonds. The van der Waals surface area contributed by atoms with Crippen molar-refractivity contribution in [3.05, 3.63) is 59.9 Å². The zero-order valence-electron chi connectivity index (χ0n) is 11.4. The fourth-order valence-corrected chi connectivity index (χ4v) is 2.88. The molecule has 0 fully saturated rings. The summed E-state index contributed by atoms with van der Waals surface area (Å²) in [6, 6.07) is 15.1. The fraction of sp³-hybridized carbons (Fsp3) is 0.188. The van der Waals surface area contributed by atoms with E-state index in [1.807, 2.05) is 24.3 Å². The van der Waals surface area contributed by atoms with Gasteiger partial charge in [0, 0.05) is 12.1 Å². The van der Waals surface area contributed by atoms with E-state index in [1.165, 1.54) is 11.8 Å². The Morgan fingerprint density at radius 2 is 1.71 bits per heavy atom. The van der Waals surface area contributed by atoms with Crippen LogP contribution in [0.4, 0.5) is 15.8 Å². The number of anilines is 2. The molecular weight excluding hydrogens is 289 g/mol. The number of benzene rings is 2. The number of fused-ring (bicyclic) bond motifs is 3. The Kier molecular flexibility index (Phi) is 3.55. The topological polar surface area (TPSA) is 18.8 Å². The molecule has 0 aliphatic carbocycles. The average Bonchev–Trinajstić information content (AvgIpc) is 3.04. The molecule has 0 saturated heterocycles. The van der Waals surface area contributed by atoms with Gasteiger partial charge in [0.25, 0.3) is 0 Å². The Labute approximate surface area is 129 Å². The third-order valence-electron chi connectivity index (χ3n) is 3.81. The minimum Gasteiger partial charge on any atom is -0.308 e. The molecule has 0 spiro atoms. The largest absolute Gasteiger partial charge is 0.308 e.